The smallest absolute Gasteiger partial charge is 0.194 e. The Labute approximate surface area is 147 Å². The molecule has 2 rings (SSSR count). The Balaban J connectivity index is 0.00000242. The molecule has 0 saturated carbocycles. The zero-order valence-electron chi connectivity index (χ0n) is 12.9. The monoisotopic (exact) mass is 416 g/mol. The second-order valence-electron chi connectivity index (χ2n) is 4.53. The van der Waals surface area contributed by atoms with Crippen LogP contribution in [0, 0.1) is 6.92 Å². The molecule has 2 aromatic rings. The van der Waals surface area contributed by atoms with Crippen LogP contribution in [0.4, 0.5) is 5.69 Å². The highest BCUT2D eigenvalue weighted by atomic mass is 127. The summed E-state index contributed by atoms with van der Waals surface area (Å²) in [6, 6.07) is 7.47. The quantitative estimate of drug-likeness (QED) is 0.445. The van der Waals surface area contributed by atoms with E-state index in [9.17, 15) is 0 Å². The molecule has 3 N–H and O–H groups in total. The minimum absolute atomic E-state index is 0. The summed E-state index contributed by atoms with van der Waals surface area (Å²) in [4.78, 5) is 8.56. The third-order valence-electron chi connectivity index (χ3n) is 2.97. The average Bonchev–Trinajstić information content (AvgIpc) is 2.86. The standard InChI is InChI=1S/C15H20N4O2.HI/c1-4-14-18-10(2)13(21-14)9-17-15(16)19-11-6-5-7-12(8-11)20-3;/h5-8H,4,9H2,1-3H3,(H3,16,17,19);1H. The average molecular weight is 416 g/mol. The van der Waals surface area contributed by atoms with Crippen LogP contribution in [-0.4, -0.2) is 18.1 Å². The summed E-state index contributed by atoms with van der Waals surface area (Å²) in [5.74, 6) is 2.53. The van der Waals surface area contributed by atoms with Gasteiger partial charge in [0.15, 0.2) is 11.9 Å². The number of anilines is 1. The van der Waals surface area contributed by atoms with Crippen molar-refractivity contribution >= 4 is 35.6 Å². The van der Waals surface area contributed by atoms with Gasteiger partial charge in [-0.1, -0.05) is 13.0 Å². The molecule has 0 amide bonds. The molecule has 0 radical (unpaired) electrons. The fraction of sp³-hybridized carbons (Fsp3) is 0.333. The minimum atomic E-state index is 0. The van der Waals surface area contributed by atoms with E-state index < -0.39 is 0 Å². The molecular weight excluding hydrogens is 395 g/mol. The van der Waals surface area contributed by atoms with Gasteiger partial charge in [0.05, 0.1) is 12.8 Å². The zero-order chi connectivity index (χ0) is 15.2. The molecule has 22 heavy (non-hydrogen) atoms. The number of hydrogen-bond donors (Lipinski definition) is 2. The van der Waals surface area contributed by atoms with Crippen LogP contribution in [0.2, 0.25) is 0 Å². The Bertz CT molecular complexity index is 640. The van der Waals surface area contributed by atoms with Crippen molar-refractivity contribution in [2.45, 2.75) is 26.8 Å². The van der Waals surface area contributed by atoms with Crippen molar-refractivity contribution in [1.29, 1.82) is 0 Å². The molecule has 1 aromatic heterocycles. The molecule has 120 valence electrons. The number of guanidine groups is 1. The Kier molecular flexibility index (Phi) is 7.16. The molecule has 0 saturated heterocycles. The number of nitrogens with one attached hydrogen (secondary N) is 1. The SMILES string of the molecule is CCc1nc(C)c(CN=C(N)Nc2cccc(OC)c2)o1.I. The van der Waals surface area contributed by atoms with Crippen LogP contribution >= 0.6 is 24.0 Å². The van der Waals surface area contributed by atoms with Crippen molar-refractivity contribution in [3.05, 3.63) is 41.6 Å². The van der Waals surface area contributed by atoms with Gasteiger partial charge in [0.1, 0.15) is 18.1 Å². The number of rotatable bonds is 5. The first-order valence-electron chi connectivity index (χ1n) is 6.78. The summed E-state index contributed by atoms with van der Waals surface area (Å²) in [6.07, 6.45) is 0.766. The number of nitrogens with two attached hydrogens (primary N) is 1. The van der Waals surface area contributed by atoms with Crippen molar-refractivity contribution in [3.63, 3.8) is 0 Å². The van der Waals surface area contributed by atoms with E-state index in [1.807, 2.05) is 38.1 Å². The van der Waals surface area contributed by atoms with Gasteiger partial charge in [-0.05, 0) is 19.1 Å². The second-order valence-corrected chi connectivity index (χ2v) is 4.53. The van der Waals surface area contributed by atoms with Crippen molar-refractivity contribution in [1.82, 2.24) is 4.98 Å². The highest BCUT2D eigenvalue weighted by molar-refractivity contribution is 14.0. The van der Waals surface area contributed by atoms with E-state index in [1.165, 1.54) is 0 Å². The van der Waals surface area contributed by atoms with Crippen LogP contribution in [0.1, 0.15) is 24.3 Å². The largest absolute Gasteiger partial charge is 0.497 e. The molecule has 0 spiro atoms. The number of oxazole rings is 1. The lowest BCUT2D eigenvalue weighted by atomic mass is 10.3. The third kappa shape index (κ3) is 4.90. The summed E-state index contributed by atoms with van der Waals surface area (Å²) < 4.78 is 10.7. The summed E-state index contributed by atoms with van der Waals surface area (Å²) in [7, 11) is 1.62. The second kappa shape index (κ2) is 8.62. The van der Waals surface area contributed by atoms with Crippen molar-refractivity contribution in [2.24, 2.45) is 10.7 Å². The zero-order valence-corrected chi connectivity index (χ0v) is 15.3. The minimum Gasteiger partial charge on any atom is -0.497 e. The van der Waals surface area contributed by atoms with Crippen molar-refractivity contribution in [2.75, 3.05) is 12.4 Å². The fourth-order valence-electron chi connectivity index (χ4n) is 1.83. The Hall–Kier alpha value is -1.77. The fourth-order valence-corrected chi connectivity index (χ4v) is 1.83. The van der Waals surface area contributed by atoms with E-state index >= 15 is 0 Å². The predicted octanol–water partition coefficient (Wildman–Crippen LogP) is 3.10. The molecule has 1 aromatic carbocycles. The molecule has 6 nitrogen and oxygen atoms in total. The van der Waals surface area contributed by atoms with Gasteiger partial charge in [0, 0.05) is 18.2 Å². The lowest BCUT2D eigenvalue weighted by Crippen LogP contribution is -2.22. The summed E-state index contributed by atoms with van der Waals surface area (Å²) in [5, 5.41) is 3.01. The van der Waals surface area contributed by atoms with E-state index in [-0.39, 0.29) is 24.0 Å². The lowest BCUT2D eigenvalue weighted by molar-refractivity contribution is 0.415. The first-order chi connectivity index (χ1) is 10.1. The van der Waals surface area contributed by atoms with E-state index in [1.54, 1.807) is 7.11 Å². The van der Waals surface area contributed by atoms with Gasteiger partial charge < -0.3 is 20.2 Å². The van der Waals surface area contributed by atoms with Crippen LogP contribution in [-0.2, 0) is 13.0 Å². The molecular formula is C15H21IN4O2. The number of hydrogen-bond acceptors (Lipinski definition) is 4. The Morgan fingerprint density at radius 3 is 2.86 bits per heavy atom. The molecule has 0 fully saturated rings. The molecule has 7 heteroatoms. The van der Waals surface area contributed by atoms with Gasteiger partial charge >= 0.3 is 0 Å². The number of aromatic nitrogens is 1. The van der Waals surface area contributed by atoms with Gasteiger partial charge in [-0.2, -0.15) is 0 Å². The van der Waals surface area contributed by atoms with Crippen LogP contribution in [0.5, 0.6) is 5.75 Å². The number of aliphatic imine (C=N–C) groups is 1. The molecule has 0 aliphatic heterocycles. The molecule has 0 aliphatic rings. The molecule has 1 heterocycles. The molecule has 0 bridgehead atoms. The molecule has 0 unspecified atom stereocenters. The van der Waals surface area contributed by atoms with Gasteiger partial charge in [0.25, 0.3) is 0 Å². The Morgan fingerprint density at radius 1 is 1.45 bits per heavy atom. The lowest BCUT2D eigenvalue weighted by Gasteiger charge is -2.07. The number of aryl methyl sites for hydroxylation is 2. The topological polar surface area (TPSA) is 85.7 Å². The molecule has 0 aliphatic carbocycles. The van der Waals surface area contributed by atoms with Crippen LogP contribution < -0.4 is 15.8 Å². The van der Waals surface area contributed by atoms with Crippen LogP contribution in [0.25, 0.3) is 0 Å². The van der Waals surface area contributed by atoms with Gasteiger partial charge in [-0.15, -0.1) is 24.0 Å². The number of ether oxygens (including phenoxy) is 1. The summed E-state index contributed by atoms with van der Waals surface area (Å²) >= 11 is 0. The van der Waals surface area contributed by atoms with Gasteiger partial charge in [0.2, 0.25) is 0 Å². The maximum Gasteiger partial charge on any atom is 0.194 e. The van der Waals surface area contributed by atoms with E-state index in [0.717, 1.165) is 35.2 Å². The highest BCUT2D eigenvalue weighted by Gasteiger charge is 2.07. The first kappa shape index (κ1) is 18.3. The van der Waals surface area contributed by atoms with Crippen LogP contribution in [0.3, 0.4) is 0 Å². The number of nitrogens with zero attached hydrogens (tertiary/aromatic N) is 2. The normalized spacial score (nSPS) is 11.0. The van der Waals surface area contributed by atoms with E-state index in [0.29, 0.717) is 12.5 Å². The predicted molar refractivity (Wildman–Crippen MR) is 98.0 cm³/mol. The number of methoxy groups -OCH3 is 1. The maximum atomic E-state index is 5.87. The van der Waals surface area contributed by atoms with Crippen molar-refractivity contribution in [3.8, 4) is 5.75 Å². The number of halogens is 1. The number of benzene rings is 1. The van der Waals surface area contributed by atoms with Gasteiger partial charge in [-0.3, -0.25) is 0 Å². The van der Waals surface area contributed by atoms with E-state index in [4.69, 9.17) is 14.9 Å². The van der Waals surface area contributed by atoms with Crippen LogP contribution in [0.15, 0.2) is 33.7 Å². The third-order valence-corrected chi connectivity index (χ3v) is 2.97. The maximum absolute atomic E-state index is 5.87. The molecule has 0 atom stereocenters. The van der Waals surface area contributed by atoms with Gasteiger partial charge in [-0.25, -0.2) is 9.98 Å². The van der Waals surface area contributed by atoms with E-state index in [2.05, 4.69) is 15.3 Å². The van der Waals surface area contributed by atoms with Crippen molar-refractivity contribution < 1.29 is 9.15 Å². The Morgan fingerprint density at radius 2 is 2.23 bits per heavy atom. The highest BCUT2D eigenvalue weighted by Crippen LogP contribution is 2.16. The summed E-state index contributed by atoms with van der Waals surface area (Å²) in [6.45, 7) is 4.26. The first-order valence-corrected chi connectivity index (χ1v) is 6.78. The summed E-state index contributed by atoms with van der Waals surface area (Å²) in [5.41, 5.74) is 7.54.